The number of hydrogen-bond acceptors (Lipinski definition) is 4. The van der Waals surface area contributed by atoms with Crippen molar-refractivity contribution in [2.75, 3.05) is 26.2 Å². The number of rotatable bonds is 7. The fourth-order valence-corrected chi connectivity index (χ4v) is 4.28. The fourth-order valence-electron chi connectivity index (χ4n) is 4.28. The lowest BCUT2D eigenvalue weighted by Gasteiger charge is -2.37. The Labute approximate surface area is 174 Å². The smallest absolute Gasteiger partial charge is 0.325 e. The second-order valence-electron chi connectivity index (χ2n) is 7.66. The third kappa shape index (κ3) is 4.22. The van der Waals surface area contributed by atoms with E-state index in [0.29, 0.717) is 18.7 Å². The molecule has 1 aliphatic heterocycles. The fraction of sp³-hybridized carbons (Fsp3) is 0.304. The van der Waals surface area contributed by atoms with Gasteiger partial charge in [-0.05, 0) is 11.6 Å². The summed E-state index contributed by atoms with van der Waals surface area (Å²) in [5.74, 6) is -1.87. The van der Waals surface area contributed by atoms with Crippen LogP contribution in [-0.4, -0.2) is 62.7 Å². The molecule has 1 fully saturated rings. The standard InChI is InChI=1S/C23H25N3O4/c27-21(28)16-26-15-19(18-8-4-5-9-20(18)26)22(23(29)30)25-12-10-24(11-13-25)14-17-6-2-1-3-7-17/h1-9,15,22H,10-14,16H2,(H,27,28)(H,29,30)/t22-/m0/s1. The molecule has 7 heteroatoms. The normalized spacial score (nSPS) is 16.5. The molecule has 0 spiro atoms. The van der Waals surface area contributed by atoms with Gasteiger partial charge in [0.15, 0.2) is 0 Å². The van der Waals surface area contributed by atoms with Crippen molar-refractivity contribution in [1.82, 2.24) is 14.4 Å². The number of fused-ring (bicyclic) bond motifs is 1. The van der Waals surface area contributed by atoms with E-state index in [1.807, 2.05) is 47.4 Å². The third-order valence-electron chi connectivity index (χ3n) is 5.67. The zero-order valence-corrected chi connectivity index (χ0v) is 16.6. The summed E-state index contributed by atoms with van der Waals surface area (Å²) in [5, 5.41) is 20.1. The van der Waals surface area contributed by atoms with Crippen molar-refractivity contribution in [2.45, 2.75) is 19.1 Å². The van der Waals surface area contributed by atoms with Crippen LogP contribution in [0.5, 0.6) is 0 Å². The van der Waals surface area contributed by atoms with E-state index < -0.39 is 18.0 Å². The van der Waals surface area contributed by atoms with E-state index in [9.17, 15) is 19.8 Å². The number of aromatic nitrogens is 1. The summed E-state index contributed by atoms with van der Waals surface area (Å²) in [5.41, 5.74) is 2.64. The monoisotopic (exact) mass is 407 g/mol. The van der Waals surface area contributed by atoms with Gasteiger partial charge in [0.1, 0.15) is 12.6 Å². The summed E-state index contributed by atoms with van der Waals surface area (Å²) in [6.45, 7) is 3.51. The van der Waals surface area contributed by atoms with E-state index in [2.05, 4.69) is 17.0 Å². The molecule has 0 unspecified atom stereocenters. The molecule has 0 bridgehead atoms. The lowest BCUT2D eigenvalue weighted by molar-refractivity contribution is -0.144. The molecule has 4 rings (SSSR count). The molecule has 3 aromatic rings. The SMILES string of the molecule is O=C(O)Cn1cc([C@@H](C(=O)O)N2CCN(Cc3ccccc3)CC2)c2ccccc21. The molecule has 156 valence electrons. The second kappa shape index (κ2) is 8.69. The lowest BCUT2D eigenvalue weighted by atomic mass is 10.0. The van der Waals surface area contributed by atoms with Gasteiger partial charge < -0.3 is 14.8 Å². The Morgan fingerprint density at radius 1 is 0.900 bits per heavy atom. The Kier molecular flexibility index (Phi) is 5.83. The number of carbonyl (C=O) groups is 2. The van der Waals surface area contributed by atoms with Crippen molar-refractivity contribution in [3.8, 4) is 0 Å². The zero-order chi connectivity index (χ0) is 21.1. The van der Waals surface area contributed by atoms with Crippen molar-refractivity contribution < 1.29 is 19.8 Å². The maximum atomic E-state index is 12.3. The minimum Gasteiger partial charge on any atom is -0.480 e. The van der Waals surface area contributed by atoms with Crippen LogP contribution >= 0.6 is 0 Å². The summed E-state index contributed by atoms with van der Waals surface area (Å²) < 4.78 is 1.62. The Morgan fingerprint density at radius 2 is 1.57 bits per heavy atom. The van der Waals surface area contributed by atoms with Crippen LogP contribution in [0.15, 0.2) is 60.8 Å². The predicted octanol–water partition coefficient (Wildman–Crippen LogP) is 2.67. The van der Waals surface area contributed by atoms with Gasteiger partial charge in [-0.15, -0.1) is 0 Å². The molecule has 0 saturated carbocycles. The van der Waals surface area contributed by atoms with E-state index in [-0.39, 0.29) is 6.54 Å². The summed E-state index contributed by atoms with van der Waals surface area (Å²) in [4.78, 5) is 27.8. The van der Waals surface area contributed by atoms with E-state index in [1.165, 1.54) is 5.56 Å². The second-order valence-corrected chi connectivity index (χ2v) is 7.66. The largest absolute Gasteiger partial charge is 0.480 e. The number of carboxylic acid groups (broad SMARTS) is 2. The molecule has 0 radical (unpaired) electrons. The van der Waals surface area contributed by atoms with Crippen molar-refractivity contribution >= 4 is 22.8 Å². The molecule has 7 nitrogen and oxygen atoms in total. The number of piperazine rings is 1. The molecule has 2 aromatic carbocycles. The van der Waals surface area contributed by atoms with Crippen molar-refractivity contribution in [3.63, 3.8) is 0 Å². The Morgan fingerprint density at radius 3 is 2.23 bits per heavy atom. The molecule has 1 aliphatic rings. The maximum absolute atomic E-state index is 12.3. The molecule has 0 amide bonds. The summed E-state index contributed by atoms with van der Waals surface area (Å²) in [6.07, 6.45) is 1.69. The average molecular weight is 407 g/mol. The first-order valence-corrected chi connectivity index (χ1v) is 10.1. The molecular weight excluding hydrogens is 382 g/mol. The summed E-state index contributed by atoms with van der Waals surface area (Å²) in [6, 6.07) is 16.8. The number of carboxylic acids is 2. The van der Waals surface area contributed by atoms with Crippen LogP contribution in [0, 0.1) is 0 Å². The average Bonchev–Trinajstić information content (AvgIpc) is 3.08. The first kappa shape index (κ1) is 20.1. The molecular formula is C23H25N3O4. The van der Waals surface area contributed by atoms with Crippen molar-refractivity contribution in [2.24, 2.45) is 0 Å². The highest BCUT2D eigenvalue weighted by Crippen LogP contribution is 2.31. The topological polar surface area (TPSA) is 86.0 Å². The van der Waals surface area contributed by atoms with Crippen LogP contribution in [-0.2, 0) is 22.7 Å². The van der Waals surface area contributed by atoms with Gasteiger partial charge in [-0.1, -0.05) is 48.5 Å². The summed E-state index contributed by atoms with van der Waals surface area (Å²) in [7, 11) is 0. The zero-order valence-electron chi connectivity index (χ0n) is 16.6. The van der Waals surface area contributed by atoms with Crippen LogP contribution in [0.4, 0.5) is 0 Å². The van der Waals surface area contributed by atoms with Gasteiger partial charge in [0, 0.05) is 55.4 Å². The molecule has 1 aromatic heterocycles. The minimum absolute atomic E-state index is 0.197. The van der Waals surface area contributed by atoms with E-state index >= 15 is 0 Å². The van der Waals surface area contributed by atoms with Crippen LogP contribution < -0.4 is 0 Å². The Balaban J connectivity index is 1.55. The van der Waals surface area contributed by atoms with Crippen LogP contribution in [0.3, 0.4) is 0 Å². The number of aliphatic carboxylic acids is 2. The van der Waals surface area contributed by atoms with Crippen molar-refractivity contribution in [3.05, 3.63) is 71.9 Å². The van der Waals surface area contributed by atoms with Gasteiger partial charge in [0.05, 0.1) is 0 Å². The number of para-hydroxylation sites is 1. The van der Waals surface area contributed by atoms with Crippen molar-refractivity contribution in [1.29, 1.82) is 0 Å². The molecule has 1 atom stereocenters. The summed E-state index contributed by atoms with van der Waals surface area (Å²) >= 11 is 0. The van der Waals surface area contributed by atoms with E-state index in [4.69, 9.17) is 0 Å². The van der Waals surface area contributed by atoms with Crippen LogP contribution in [0.25, 0.3) is 10.9 Å². The third-order valence-corrected chi connectivity index (χ3v) is 5.67. The van der Waals surface area contributed by atoms with E-state index in [0.717, 1.165) is 30.5 Å². The van der Waals surface area contributed by atoms with Gasteiger partial charge in [0.2, 0.25) is 0 Å². The first-order valence-electron chi connectivity index (χ1n) is 10.1. The molecule has 0 aliphatic carbocycles. The molecule has 2 N–H and O–H groups in total. The predicted molar refractivity (Wildman–Crippen MR) is 113 cm³/mol. The lowest BCUT2D eigenvalue weighted by Crippen LogP contribution is -2.48. The Hall–Kier alpha value is -3.16. The highest BCUT2D eigenvalue weighted by Gasteiger charge is 2.32. The van der Waals surface area contributed by atoms with Gasteiger partial charge in [-0.25, -0.2) is 0 Å². The molecule has 30 heavy (non-hydrogen) atoms. The highest BCUT2D eigenvalue weighted by molar-refractivity contribution is 5.90. The molecule has 1 saturated heterocycles. The number of nitrogens with zero attached hydrogens (tertiary/aromatic N) is 3. The minimum atomic E-state index is -0.955. The van der Waals surface area contributed by atoms with Gasteiger partial charge in [-0.3, -0.25) is 19.4 Å². The van der Waals surface area contributed by atoms with Gasteiger partial charge in [0.25, 0.3) is 0 Å². The quantitative estimate of drug-likeness (QED) is 0.626. The number of benzene rings is 2. The molecule has 2 heterocycles. The van der Waals surface area contributed by atoms with Gasteiger partial charge >= 0.3 is 11.9 Å². The maximum Gasteiger partial charge on any atom is 0.325 e. The van der Waals surface area contributed by atoms with E-state index in [1.54, 1.807) is 10.8 Å². The van der Waals surface area contributed by atoms with Crippen LogP contribution in [0.2, 0.25) is 0 Å². The Bertz CT molecular complexity index is 1040. The highest BCUT2D eigenvalue weighted by atomic mass is 16.4. The number of hydrogen-bond donors (Lipinski definition) is 2. The van der Waals surface area contributed by atoms with Gasteiger partial charge in [-0.2, -0.15) is 0 Å². The first-order chi connectivity index (χ1) is 14.5. The van der Waals surface area contributed by atoms with Crippen LogP contribution in [0.1, 0.15) is 17.2 Å².